The predicted molar refractivity (Wildman–Crippen MR) is 48.4 cm³/mol. The van der Waals surface area contributed by atoms with Crippen molar-refractivity contribution in [2.75, 3.05) is 4.90 Å². The van der Waals surface area contributed by atoms with Gasteiger partial charge in [-0.15, -0.1) is 0 Å². The van der Waals surface area contributed by atoms with E-state index in [1.165, 1.54) is 4.90 Å². The molecule has 1 unspecified atom stereocenters. The van der Waals surface area contributed by atoms with Gasteiger partial charge in [-0.1, -0.05) is 18.2 Å². The van der Waals surface area contributed by atoms with Crippen molar-refractivity contribution in [2.24, 2.45) is 0 Å². The first-order chi connectivity index (χ1) is 6.25. The van der Waals surface area contributed by atoms with E-state index < -0.39 is 0 Å². The third kappa shape index (κ3) is 0.967. The number of amides is 2. The van der Waals surface area contributed by atoms with Crippen LogP contribution in [0.25, 0.3) is 0 Å². The van der Waals surface area contributed by atoms with Gasteiger partial charge in [0.1, 0.15) is 0 Å². The Bertz CT molecular complexity index is 373. The average molecular weight is 175 g/mol. The summed E-state index contributed by atoms with van der Waals surface area (Å²) in [5.41, 5.74) is 1.65. The summed E-state index contributed by atoms with van der Waals surface area (Å²) in [6.45, 7) is 1.81. The molecule has 1 aliphatic rings. The molecule has 0 aromatic heterocycles. The highest BCUT2D eigenvalue weighted by molar-refractivity contribution is 6.14. The summed E-state index contributed by atoms with van der Waals surface area (Å²) in [7, 11) is 0. The highest BCUT2D eigenvalue weighted by atomic mass is 16.2. The summed E-state index contributed by atoms with van der Waals surface area (Å²) in [5, 5.41) is 0. The van der Waals surface area contributed by atoms with Crippen LogP contribution in [0.2, 0.25) is 0 Å². The van der Waals surface area contributed by atoms with E-state index in [1.807, 2.05) is 25.1 Å². The van der Waals surface area contributed by atoms with E-state index in [1.54, 1.807) is 6.07 Å². The lowest BCUT2D eigenvalue weighted by Gasteiger charge is -2.06. The van der Waals surface area contributed by atoms with Crippen molar-refractivity contribution < 1.29 is 9.59 Å². The average Bonchev–Trinajstić information content (AvgIpc) is 2.41. The Morgan fingerprint density at radius 1 is 1.38 bits per heavy atom. The summed E-state index contributed by atoms with van der Waals surface area (Å²) < 4.78 is 0. The second-order valence-corrected chi connectivity index (χ2v) is 3.09. The van der Waals surface area contributed by atoms with Gasteiger partial charge in [0.25, 0.3) is 0 Å². The molecule has 66 valence electrons. The topological polar surface area (TPSA) is 37.4 Å². The number of fused-ring (bicyclic) bond motifs is 1. The molecular weight excluding hydrogens is 166 g/mol. The second-order valence-electron chi connectivity index (χ2n) is 3.09. The first-order valence-corrected chi connectivity index (χ1v) is 4.13. The summed E-state index contributed by atoms with van der Waals surface area (Å²) in [5.74, 6) is -0.336. The standard InChI is InChI=1S/C10H9NO2/c1-7-8-4-2-3-5-9(8)11(6-12)10(7)13/h2-7H,1H3. The Morgan fingerprint density at radius 2 is 2.08 bits per heavy atom. The first kappa shape index (κ1) is 7.98. The molecule has 13 heavy (non-hydrogen) atoms. The molecule has 0 bridgehead atoms. The lowest BCUT2D eigenvalue weighted by Crippen LogP contribution is -2.25. The van der Waals surface area contributed by atoms with Crippen LogP contribution in [0, 0.1) is 0 Å². The summed E-state index contributed by atoms with van der Waals surface area (Å²) >= 11 is 0. The molecule has 3 heteroatoms. The van der Waals surface area contributed by atoms with Crippen LogP contribution in [0.15, 0.2) is 24.3 Å². The number of imide groups is 1. The van der Waals surface area contributed by atoms with Crippen molar-refractivity contribution in [2.45, 2.75) is 12.8 Å². The van der Waals surface area contributed by atoms with E-state index in [4.69, 9.17) is 0 Å². The molecule has 0 N–H and O–H groups in total. The van der Waals surface area contributed by atoms with Crippen LogP contribution in [-0.2, 0) is 9.59 Å². The smallest absolute Gasteiger partial charge is 0.240 e. The fraction of sp³-hybridized carbons (Fsp3) is 0.200. The van der Waals surface area contributed by atoms with Crippen LogP contribution in [0.1, 0.15) is 18.4 Å². The van der Waals surface area contributed by atoms with Gasteiger partial charge in [0.2, 0.25) is 12.3 Å². The van der Waals surface area contributed by atoms with Crippen molar-refractivity contribution in [1.29, 1.82) is 0 Å². The van der Waals surface area contributed by atoms with Crippen LogP contribution < -0.4 is 4.90 Å². The summed E-state index contributed by atoms with van der Waals surface area (Å²) in [6.07, 6.45) is 0.574. The van der Waals surface area contributed by atoms with E-state index in [0.29, 0.717) is 6.41 Å². The number of hydrogen-bond donors (Lipinski definition) is 0. The van der Waals surface area contributed by atoms with Gasteiger partial charge in [-0.3, -0.25) is 14.5 Å². The number of para-hydroxylation sites is 1. The molecule has 1 aromatic rings. The lowest BCUT2D eigenvalue weighted by atomic mass is 10.0. The molecule has 1 heterocycles. The van der Waals surface area contributed by atoms with E-state index in [2.05, 4.69) is 0 Å². The lowest BCUT2D eigenvalue weighted by molar-refractivity contribution is -0.122. The molecule has 0 saturated carbocycles. The van der Waals surface area contributed by atoms with Gasteiger partial charge in [0.15, 0.2) is 0 Å². The Morgan fingerprint density at radius 3 is 2.77 bits per heavy atom. The fourth-order valence-corrected chi connectivity index (χ4v) is 1.64. The van der Waals surface area contributed by atoms with Crippen LogP contribution in [0.3, 0.4) is 0 Å². The number of benzene rings is 1. The largest absolute Gasteiger partial charge is 0.278 e. The molecule has 1 aliphatic heterocycles. The zero-order chi connectivity index (χ0) is 9.42. The minimum Gasteiger partial charge on any atom is -0.278 e. The third-order valence-electron chi connectivity index (χ3n) is 2.38. The van der Waals surface area contributed by atoms with Crippen LogP contribution >= 0.6 is 0 Å². The Kier molecular flexibility index (Phi) is 1.65. The van der Waals surface area contributed by atoms with Gasteiger partial charge >= 0.3 is 0 Å². The molecule has 0 spiro atoms. The fourth-order valence-electron chi connectivity index (χ4n) is 1.64. The number of carbonyl (C=O) groups is 2. The molecule has 1 aromatic carbocycles. The first-order valence-electron chi connectivity index (χ1n) is 4.13. The number of nitrogens with zero attached hydrogens (tertiary/aromatic N) is 1. The minimum absolute atomic E-state index is 0.142. The van der Waals surface area contributed by atoms with E-state index in [0.717, 1.165) is 11.3 Å². The number of carbonyl (C=O) groups excluding carboxylic acids is 2. The van der Waals surface area contributed by atoms with Crippen LogP contribution in [-0.4, -0.2) is 12.3 Å². The quantitative estimate of drug-likeness (QED) is 0.603. The molecule has 0 radical (unpaired) electrons. The molecular formula is C10H9NO2. The Balaban J connectivity index is 2.59. The van der Waals surface area contributed by atoms with Gasteiger partial charge in [-0.25, -0.2) is 0 Å². The summed E-state index contributed by atoms with van der Waals surface area (Å²) in [4.78, 5) is 23.3. The maximum Gasteiger partial charge on any atom is 0.240 e. The molecule has 1 atom stereocenters. The normalized spacial score (nSPS) is 20.2. The maximum absolute atomic E-state index is 11.5. The molecule has 3 nitrogen and oxygen atoms in total. The molecule has 2 rings (SSSR count). The van der Waals surface area contributed by atoms with Crippen molar-refractivity contribution >= 4 is 18.0 Å². The summed E-state index contributed by atoms with van der Waals surface area (Å²) in [6, 6.07) is 7.35. The third-order valence-corrected chi connectivity index (χ3v) is 2.38. The highest BCUT2D eigenvalue weighted by Crippen LogP contribution is 2.35. The van der Waals surface area contributed by atoms with Gasteiger partial charge in [0, 0.05) is 0 Å². The molecule has 0 saturated heterocycles. The van der Waals surface area contributed by atoms with Gasteiger partial charge in [-0.2, -0.15) is 0 Å². The number of anilines is 1. The van der Waals surface area contributed by atoms with E-state index in [-0.39, 0.29) is 11.8 Å². The highest BCUT2D eigenvalue weighted by Gasteiger charge is 2.33. The predicted octanol–water partition coefficient (Wildman–Crippen LogP) is 1.29. The maximum atomic E-state index is 11.5. The molecule has 2 amide bonds. The minimum atomic E-state index is -0.193. The zero-order valence-corrected chi connectivity index (χ0v) is 7.23. The SMILES string of the molecule is CC1C(=O)N(C=O)c2ccccc21. The molecule has 0 fully saturated rings. The second kappa shape index (κ2) is 2.69. The van der Waals surface area contributed by atoms with Gasteiger partial charge < -0.3 is 0 Å². The van der Waals surface area contributed by atoms with Crippen molar-refractivity contribution in [1.82, 2.24) is 0 Å². The van der Waals surface area contributed by atoms with Gasteiger partial charge in [0.05, 0.1) is 11.6 Å². The molecule has 0 aliphatic carbocycles. The van der Waals surface area contributed by atoms with Crippen LogP contribution in [0.5, 0.6) is 0 Å². The monoisotopic (exact) mass is 175 g/mol. The van der Waals surface area contributed by atoms with E-state index >= 15 is 0 Å². The van der Waals surface area contributed by atoms with Gasteiger partial charge in [-0.05, 0) is 18.6 Å². The zero-order valence-electron chi connectivity index (χ0n) is 7.23. The van der Waals surface area contributed by atoms with Crippen molar-refractivity contribution in [3.8, 4) is 0 Å². The van der Waals surface area contributed by atoms with Crippen molar-refractivity contribution in [3.05, 3.63) is 29.8 Å². The number of hydrogen-bond acceptors (Lipinski definition) is 2. The Labute approximate surface area is 76.0 Å². The van der Waals surface area contributed by atoms with Crippen molar-refractivity contribution in [3.63, 3.8) is 0 Å². The Hall–Kier alpha value is -1.64. The number of rotatable bonds is 1. The van der Waals surface area contributed by atoms with Crippen LogP contribution in [0.4, 0.5) is 5.69 Å². The van der Waals surface area contributed by atoms with E-state index in [9.17, 15) is 9.59 Å².